The lowest BCUT2D eigenvalue weighted by Gasteiger charge is -2.15. The Labute approximate surface area is 254 Å². The fourth-order valence-electron chi connectivity index (χ4n) is 3.85. The number of ether oxygens (including phenoxy) is 2. The summed E-state index contributed by atoms with van der Waals surface area (Å²) in [5, 5.41) is 3.28. The Hall–Kier alpha value is -2.98. The highest BCUT2D eigenvalue weighted by atomic mass is 79.9. The van der Waals surface area contributed by atoms with Gasteiger partial charge in [-0.25, -0.2) is 0 Å². The summed E-state index contributed by atoms with van der Waals surface area (Å²) >= 11 is 16.6. The van der Waals surface area contributed by atoms with Crippen LogP contribution in [-0.4, -0.2) is 35.1 Å². The van der Waals surface area contributed by atoms with Crippen LogP contribution in [-0.2, 0) is 16.2 Å². The molecule has 1 N–H and O–H groups in total. The third-order valence-corrected chi connectivity index (χ3v) is 7.94. The maximum absolute atomic E-state index is 13.1. The molecular formula is C29H25BrCl2N2O5S. The van der Waals surface area contributed by atoms with Crippen molar-refractivity contribution in [1.82, 2.24) is 4.90 Å². The van der Waals surface area contributed by atoms with Crippen molar-refractivity contribution in [3.63, 3.8) is 0 Å². The SMILES string of the molecule is CCOc1cc(/C=C2\SC(=O)N(CC(=O)Nc3cc(C)ccc3C)C2=O)cc(Br)c1OCc1ccc(Cl)cc1Cl. The molecule has 0 spiro atoms. The second kappa shape index (κ2) is 13.1. The Balaban J connectivity index is 1.50. The van der Waals surface area contributed by atoms with Crippen LogP contribution >= 0.6 is 50.9 Å². The zero-order valence-electron chi connectivity index (χ0n) is 21.8. The molecule has 1 fully saturated rings. The molecule has 0 aliphatic carbocycles. The molecular weight excluding hydrogens is 639 g/mol. The van der Waals surface area contributed by atoms with E-state index in [4.69, 9.17) is 32.7 Å². The van der Waals surface area contributed by atoms with Crippen LogP contribution in [0.1, 0.15) is 29.2 Å². The lowest BCUT2D eigenvalue weighted by atomic mass is 10.1. The van der Waals surface area contributed by atoms with Gasteiger partial charge in [-0.05, 0) is 102 Å². The molecule has 7 nitrogen and oxygen atoms in total. The zero-order chi connectivity index (χ0) is 29.0. The number of benzene rings is 3. The molecule has 3 amide bonds. The number of anilines is 1. The van der Waals surface area contributed by atoms with Crippen molar-refractivity contribution in [2.45, 2.75) is 27.4 Å². The summed E-state index contributed by atoms with van der Waals surface area (Å²) in [7, 11) is 0. The van der Waals surface area contributed by atoms with Crippen LogP contribution in [0.5, 0.6) is 11.5 Å². The molecule has 3 aromatic carbocycles. The number of imide groups is 1. The van der Waals surface area contributed by atoms with Gasteiger partial charge in [0.1, 0.15) is 13.2 Å². The average molecular weight is 664 g/mol. The minimum Gasteiger partial charge on any atom is -0.490 e. The molecule has 0 bridgehead atoms. The highest BCUT2D eigenvalue weighted by Gasteiger charge is 2.36. The van der Waals surface area contributed by atoms with E-state index in [0.717, 1.165) is 33.4 Å². The van der Waals surface area contributed by atoms with Gasteiger partial charge in [-0.1, -0.05) is 41.4 Å². The molecule has 0 radical (unpaired) electrons. The minimum absolute atomic E-state index is 0.178. The summed E-state index contributed by atoms with van der Waals surface area (Å²) < 4.78 is 12.4. The van der Waals surface area contributed by atoms with Crippen LogP contribution in [0, 0.1) is 13.8 Å². The Bertz CT molecular complexity index is 1530. The lowest BCUT2D eigenvalue weighted by molar-refractivity contribution is -0.127. The quantitative estimate of drug-likeness (QED) is 0.233. The molecule has 40 heavy (non-hydrogen) atoms. The topological polar surface area (TPSA) is 84.9 Å². The van der Waals surface area contributed by atoms with E-state index >= 15 is 0 Å². The van der Waals surface area contributed by atoms with E-state index < -0.39 is 17.1 Å². The number of carbonyl (C=O) groups is 3. The monoisotopic (exact) mass is 662 g/mol. The van der Waals surface area contributed by atoms with E-state index in [9.17, 15) is 14.4 Å². The van der Waals surface area contributed by atoms with Crippen LogP contribution in [0.25, 0.3) is 6.08 Å². The van der Waals surface area contributed by atoms with E-state index in [2.05, 4.69) is 21.2 Å². The van der Waals surface area contributed by atoms with Gasteiger partial charge in [0, 0.05) is 21.3 Å². The predicted molar refractivity (Wildman–Crippen MR) is 163 cm³/mol. The van der Waals surface area contributed by atoms with E-state index in [0.29, 0.717) is 43.9 Å². The Morgan fingerprint density at radius 3 is 2.58 bits per heavy atom. The maximum atomic E-state index is 13.1. The summed E-state index contributed by atoms with van der Waals surface area (Å²) in [6.45, 7) is 5.80. The van der Waals surface area contributed by atoms with E-state index in [1.807, 2.05) is 39.0 Å². The smallest absolute Gasteiger partial charge is 0.294 e. The number of nitrogens with one attached hydrogen (secondary N) is 1. The fourth-order valence-corrected chi connectivity index (χ4v) is 5.73. The normalized spacial score (nSPS) is 14.2. The third-order valence-electron chi connectivity index (χ3n) is 5.86. The number of hydrogen-bond acceptors (Lipinski definition) is 6. The van der Waals surface area contributed by atoms with Gasteiger partial charge < -0.3 is 14.8 Å². The largest absolute Gasteiger partial charge is 0.490 e. The van der Waals surface area contributed by atoms with E-state index in [1.165, 1.54) is 0 Å². The van der Waals surface area contributed by atoms with Crippen molar-refractivity contribution >= 4 is 79.7 Å². The van der Waals surface area contributed by atoms with Crippen LogP contribution in [0.4, 0.5) is 10.5 Å². The molecule has 3 aromatic rings. The van der Waals surface area contributed by atoms with Crippen molar-refractivity contribution in [2.24, 2.45) is 0 Å². The molecule has 1 aliphatic rings. The van der Waals surface area contributed by atoms with Crippen LogP contribution < -0.4 is 14.8 Å². The zero-order valence-corrected chi connectivity index (χ0v) is 25.8. The highest BCUT2D eigenvalue weighted by Crippen LogP contribution is 2.40. The van der Waals surface area contributed by atoms with Gasteiger partial charge in [0.2, 0.25) is 5.91 Å². The first-order valence-electron chi connectivity index (χ1n) is 12.2. The fraction of sp³-hybridized carbons (Fsp3) is 0.207. The molecule has 1 saturated heterocycles. The first-order chi connectivity index (χ1) is 19.0. The van der Waals surface area contributed by atoms with Gasteiger partial charge in [0.25, 0.3) is 11.1 Å². The standard InChI is InChI=1S/C29H25BrCl2N2O5S/c1-4-38-24-11-18(10-21(30)27(24)39-15-19-7-8-20(31)13-22(19)32)12-25-28(36)34(29(37)40-25)14-26(35)33-23-9-16(2)5-6-17(23)3/h5-13H,4,14-15H2,1-3H3,(H,33,35)/b25-12-. The molecule has 1 aliphatic heterocycles. The Kier molecular flexibility index (Phi) is 9.84. The van der Waals surface area contributed by atoms with Gasteiger partial charge in [0.05, 0.1) is 16.0 Å². The molecule has 0 aromatic heterocycles. The summed E-state index contributed by atoms with van der Waals surface area (Å²) in [6, 6.07) is 14.3. The van der Waals surface area contributed by atoms with Gasteiger partial charge in [-0.3, -0.25) is 19.3 Å². The number of carbonyl (C=O) groups excluding carboxylic acids is 3. The number of halogens is 3. The maximum Gasteiger partial charge on any atom is 0.294 e. The van der Waals surface area contributed by atoms with Crippen molar-refractivity contribution in [1.29, 1.82) is 0 Å². The van der Waals surface area contributed by atoms with Crippen molar-refractivity contribution in [3.8, 4) is 11.5 Å². The number of aryl methyl sites for hydroxylation is 2. The van der Waals surface area contributed by atoms with Crippen LogP contribution in [0.3, 0.4) is 0 Å². The van der Waals surface area contributed by atoms with Crippen LogP contribution in [0.2, 0.25) is 10.0 Å². The number of thioether (sulfide) groups is 1. The van der Waals surface area contributed by atoms with Crippen molar-refractivity contribution in [2.75, 3.05) is 18.5 Å². The van der Waals surface area contributed by atoms with E-state index in [-0.39, 0.29) is 18.1 Å². The van der Waals surface area contributed by atoms with Gasteiger partial charge in [-0.15, -0.1) is 0 Å². The average Bonchev–Trinajstić information content (AvgIpc) is 3.14. The van der Waals surface area contributed by atoms with Crippen LogP contribution in [0.15, 0.2) is 57.9 Å². The Morgan fingerprint density at radius 2 is 1.85 bits per heavy atom. The number of hydrogen-bond donors (Lipinski definition) is 1. The number of amides is 3. The molecule has 208 valence electrons. The lowest BCUT2D eigenvalue weighted by Crippen LogP contribution is -2.36. The number of nitrogens with zero attached hydrogens (tertiary/aromatic N) is 1. The highest BCUT2D eigenvalue weighted by molar-refractivity contribution is 9.10. The second-order valence-electron chi connectivity index (χ2n) is 8.92. The molecule has 0 unspecified atom stereocenters. The molecule has 11 heteroatoms. The summed E-state index contributed by atoms with van der Waals surface area (Å²) in [6.07, 6.45) is 1.58. The van der Waals surface area contributed by atoms with E-state index in [1.54, 1.807) is 36.4 Å². The molecule has 0 atom stereocenters. The van der Waals surface area contributed by atoms with Gasteiger partial charge in [0.15, 0.2) is 11.5 Å². The summed E-state index contributed by atoms with van der Waals surface area (Å²) in [5.74, 6) is -0.0969. The molecule has 1 heterocycles. The molecule has 4 rings (SSSR count). The first kappa shape index (κ1) is 30.0. The van der Waals surface area contributed by atoms with Gasteiger partial charge in [-0.2, -0.15) is 0 Å². The van der Waals surface area contributed by atoms with Gasteiger partial charge >= 0.3 is 0 Å². The first-order valence-corrected chi connectivity index (χ1v) is 14.6. The van der Waals surface area contributed by atoms with Crippen molar-refractivity contribution < 1.29 is 23.9 Å². The summed E-state index contributed by atoms with van der Waals surface area (Å²) in [4.78, 5) is 39.5. The third kappa shape index (κ3) is 7.20. The second-order valence-corrected chi connectivity index (χ2v) is 11.6. The number of rotatable bonds is 9. The Morgan fingerprint density at radius 1 is 1.07 bits per heavy atom. The summed E-state index contributed by atoms with van der Waals surface area (Å²) in [5.41, 5.74) is 3.86. The predicted octanol–water partition coefficient (Wildman–Crippen LogP) is 8.03. The molecule has 0 saturated carbocycles. The van der Waals surface area contributed by atoms with Crippen molar-refractivity contribution in [3.05, 3.63) is 90.2 Å². The minimum atomic E-state index is -0.544.